The molecule has 3 aromatic rings. The van der Waals surface area contributed by atoms with Gasteiger partial charge in [0.05, 0.1) is 30.1 Å². The molecule has 6 heteroatoms. The Morgan fingerprint density at radius 2 is 1.94 bits per heavy atom. The highest BCUT2D eigenvalue weighted by Gasteiger charge is 2.28. The number of hydrogen-bond acceptors (Lipinski definition) is 4. The first-order valence-corrected chi connectivity index (χ1v) is 10.7. The van der Waals surface area contributed by atoms with Crippen LogP contribution >= 0.6 is 0 Å². The summed E-state index contributed by atoms with van der Waals surface area (Å²) in [6, 6.07) is 19.2. The van der Waals surface area contributed by atoms with Crippen molar-refractivity contribution in [3.63, 3.8) is 0 Å². The number of hydrogen-bond donors (Lipinski definition) is 1. The van der Waals surface area contributed by atoms with Gasteiger partial charge >= 0.3 is 0 Å². The number of carbonyl (C=O) groups is 2. The largest absolute Gasteiger partial charge is 0.493 e. The highest BCUT2D eigenvalue weighted by atomic mass is 16.5. The highest BCUT2D eigenvalue weighted by molar-refractivity contribution is 6.01. The van der Waals surface area contributed by atoms with Gasteiger partial charge in [-0.3, -0.25) is 14.6 Å². The fraction of sp³-hybridized carbons (Fsp3) is 0.320. The summed E-state index contributed by atoms with van der Waals surface area (Å²) < 4.78 is 5.64. The van der Waals surface area contributed by atoms with Crippen molar-refractivity contribution in [3.05, 3.63) is 66.4 Å². The van der Waals surface area contributed by atoms with Crippen molar-refractivity contribution in [2.75, 3.05) is 25.0 Å². The first kappa shape index (κ1) is 20.8. The van der Waals surface area contributed by atoms with Crippen molar-refractivity contribution < 1.29 is 14.3 Å². The molecule has 1 saturated heterocycles. The number of fused-ring (bicyclic) bond motifs is 1. The van der Waals surface area contributed by atoms with Crippen molar-refractivity contribution in [1.82, 2.24) is 9.88 Å². The van der Waals surface area contributed by atoms with Gasteiger partial charge in [0.2, 0.25) is 11.8 Å². The number of aryl methyl sites for hydroxylation is 1. The van der Waals surface area contributed by atoms with E-state index in [1.165, 1.54) is 0 Å². The standard InChI is InChI=1S/C25H27N3O3/c1-18-12-13-19-7-5-11-22(24(19)26-18)27-25(30)20-8-6-15-28(17-20)23(29)14-16-31-21-9-3-2-4-10-21/h2-5,7,9-13,20H,6,8,14-17H2,1H3,(H,27,30). The number of likely N-dealkylation sites (tertiary alicyclic amines) is 1. The second-order valence-electron chi connectivity index (χ2n) is 7.91. The quantitative estimate of drug-likeness (QED) is 0.653. The number of benzene rings is 2. The molecule has 0 bridgehead atoms. The van der Waals surface area contributed by atoms with E-state index in [2.05, 4.69) is 10.3 Å². The van der Waals surface area contributed by atoms with Crippen molar-refractivity contribution >= 4 is 28.4 Å². The SMILES string of the molecule is Cc1ccc2cccc(NC(=O)C3CCCN(C(=O)CCOc4ccccc4)C3)c2n1. The van der Waals surface area contributed by atoms with Crippen molar-refractivity contribution in [2.45, 2.75) is 26.2 Å². The Balaban J connectivity index is 1.34. The van der Waals surface area contributed by atoms with E-state index in [-0.39, 0.29) is 17.7 Å². The van der Waals surface area contributed by atoms with E-state index in [0.29, 0.717) is 31.8 Å². The van der Waals surface area contributed by atoms with E-state index in [9.17, 15) is 9.59 Å². The van der Waals surface area contributed by atoms with Crippen LogP contribution in [0.25, 0.3) is 10.9 Å². The van der Waals surface area contributed by atoms with Gasteiger partial charge in [0.25, 0.3) is 0 Å². The van der Waals surface area contributed by atoms with E-state index in [4.69, 9.17) is 4.74 Å². The Bertz CT molecular complexity index is 1070. The third-order valence-corrected chi connectivity index (χ3v) is 5.59. The molecule has 1 aromatic heterocycles. The predicted octanol–water partition coefficient (Wildman–Crippen LogP) is 4.19. The Morgan fingerprint density at radius 1 is 1.10 bits per heavy atom. The number of para-hydroxylation sites is 2. The second-order valence-corrected chi connectivity index (χ2v) is 7.91. The summed E-state index contributed by atoms with van der Waals surface area (Å²) in [6.45, 7) is 3.39. The van der Waals surface area contributed by atoms with E-state index in [1.807, 2.05) is 67.6 Å². The lowest BCUT2D eigenvalue weighted by atomic mass is 9.96. The summed E-state index contributed by atoms with van der Waals surface area (Å²) in [5, 5.41) is 4.03. The summed E-state index contributed by atoms with van der Waals surface area (Å²) in [4.78, 5) is 32.0. The van der Waals surface area contributed by atoms with Gasteiger partial charge in [0, 0.05) is 24.2 Å². The molecular formula is C25H27N3O3. The number of nitrogens with zero attached hydrogens (tertiary/aromatic N) is 2. The molecule has 6 nitrogen and oxygen atoms in total. The van der Waals surface area contributed by atoms with E-state index in [0.717, 1.165) is 35.2 Å². The van der Waals surface area contributed by atoms with Crippen LogP contribution in [-0.2, 0) is 9.59 Å². The first-order chi connectivity index (χ1) is 15.1. The number of ether oxygens (including phenoxy) is 1. The van der Waals surface area contributed by atoms with E-state index in [1.54, 1.807) is 4.90 Å². The van der Waals surface area contributed by atoms with Crippen molar-refractivity contribution in [2.24, 2.45) is 5.92 Å². The average molecular weight is 418 g/mol. The summed E-state index contributed by atoms with van der Waals surface area (Å²) in [6.07, 6.45) is 1.89. The molecule has 1 N–H and O–H groups in total. The fourth-order valence-corrected chi connectivity index (χ4v) is 3.93. The number of anilines is 1. The van der Waals surface area contributed by atoms with Crippen LogP contribution in [0.3, 0.4) is 0 Å². The topological polar surface area (TPSA) is 71.5 Å². The van der Waals surface area contributed by atoms with Gasteiger partial charge < -0.3 is 15.0 Å². The number of amides is 2. The van der Waals surface area contributed by atoms with Gasteiger partial charge in [-0.15, -0.1) is 0 Å². The summed E-state index contributed by atoms with van der Waals surface area (Å²) in [5.74, 6) is 0.489. The number of nitrogens with one attached hydrogen (secondary N) is 1. The van der Waals surface area contributed by atoms with Gasteiger partial charge in [-0.1, -0.05) is 36.4 Å². The summed E-state index contributed by atoms with van der Waals surface area (Å²) in [5.41, 5.74) is 2.41. The minimum Gasteiger partial charge on any atom is -0.493 e. The number of piperidine rings is 1. The fourth-order valence-electron chi connectivity index (χ4n) is 3.93. The molecular weight excluding hydrogens is 390 g/mol. The Labute approximate surface area is 182 Å². The number of aromatic nitrogens is 1. The van der Waals surface area contributed by atoms with Crippen LogP contribution in [0.2, 0.25) is 0 Å². The normalized spacial score (nSPS) is 16.2. The molecule has 0 saturated carbocycles. The molecule has 1 aliphatic heterocycles. The van der Waals surface area contributed by atoms with Crippen LogP contribution in [0.4, 0.5) is 5.69 Å². The Morgan fingerprint density at radius 3 is 2.77 bits per heavy atom. The van der Waals surface area contributed by atoms with Crippen LogP contribution in [0.1, 0.15) is 25.0 Å². The molecule has 1 atom stereocenters. The third-order valence-electron chi connectivity index (χ3n) is 5.59. The molecule has 31 heavy (non-hydrogen) atoms. The van der Waals surface area contributed by atoms with Crippen molar-refractivity contribution in [1.29, 1.82) is 0 Å². The molecule has 2 amide bonds. The zero-order chi connectivity index (χ0) is 21.6. The van der Waals surface area contributed by atoms with Gasteiger partial charge in [-0.2, -0.15) is 0 Å². The molecule has 0 aliphatic carbocycles. The van der Waals surface area contributed by atoms with Gasteiger partial charge in [-0.05, 0) is 44.0 Å². The van der Waals surface area contributed by atoms with Gasteiger partial charge in [0.1, 0.15) is 5.75 Å². The molecule has 1 unspecified atom stereocenters. The van der Waals surface area contributed by atoms with Gasteiger partial charge in [0.15, 0.2) is 0 Å². The first-order valence-electron chi connectivity index (χ1n) is 10.7. The molecule has 0 radical (unpaired) electrons. The summed E-state index contributed by atoms with van der Waals surface area (Å²) in [7, 11) is 0. The molecule has 2 heterocycles. The monoisotopic (exact) mass is 417 g/mol. The molecule has 1 aliphatic rings. The third kappa shape index (κ3) is 5.20. The van der Waals surface area contributed by atoms with E-state index < -0.39 is 0 Å². The molecule has 1 fully saturated rings. The lowest BCUT2D eigenvalue weighted by Crippen LogP contribution is -2.44. The minimum atomic E-state index is -0.229. The molecule has 2 aromatic carbocycles. The zero-order valence-corrected chi connectivity index (χ0v) is 17.7. The second kappa shape index (κ2) is 9.60. The Kier molecular flexibility index (Phi) is 6.46. The number of rotatable bonds is 6. The zero-order valence-electron chi connectivity index (χ0n) is 17.7. The maximum Gasteiger partial charge on any atom is 0.229 e. The van der Waals surface area contributed by atoms with Crippen LogP contribution in [0.5, 0.6) is 5.75 Å². The van der Waals surface area contributed by atoms with Crippen molar-refractivity contribution in [3.8, 4) is 5.75 Å². The average Bonchev–Trinajstić information content (AvgIpc) is 2.80. The minimum absolute atomic E-state index is 0.0240. The molecule has 0 spiro atoms. The van der Waals surface area contributed by atoms with E-state index >= 15 is 0 Å². The Hall–Kier alpha value is -3.41. The highest BCUT2D eigenvalue weighted by Crippen LogP contribution is 2.24. The smallest absolute Gasteiger partial charge is 0.229 e. The maximum atomic E-state index is 13.0. The predicted molar refractivity (Wildman–Crippen MR) is 121 cm³/mol. The number of carbonyl (C=O) groups excluding carboxylic acids is 2. The van der Waals surface area contributed by atoms with Gasteiger partial charge in [-0.25, -0.2) is 0 Å². The van der Waals surface area contributed by atoms with Crippen LogP contribution < -0.4 is 10.1 Å². The lowest BCUT2D eigenvalue weighted by molar-refractivity contribution is -0.135. The van der Waals surface area contributed by atoms with Crippen LogP contribution in [0, 0.1) is 12.8 Å². The summed E-state index contributed by atoms with van der Waals surface area (Å²) >= 11 is 0. The lowest BCUT2D eigenvalue weighted by Gasteiger charge is -2.32. The molecule has 160 valence electrons. The molecule has 4 rings (SSSR count). The maximum absolute atomic E-state index is 13.0. The van der Waals surface area contributed by atoms with Crippen LogP contribution in [-0.4, -0.2) is 41.4 Å². The van der Waals surface area contributed by atoms with Crippen LogP contribution in [0.15, 0.2) is 60.7 Å². The number of pyridine rings is 1.